The van der Waals surface area contributed by atoms with Crippen molar-refractivity contribution in [2.45, 2.75) is 31.4 Å². The quantitative estimate of drug-likeness (QED) is 0.687. The molecule has 3 aromatic rings. The summed E-state index contributed by atoms with van der Waals surface area (Å²) < 4.78 is 0. The zero-order valence-corrected chi connectivity index (χ0v) is 14.8. The second-order valence-electron chi connectivity index (χ2n) is 7.01. The van der Waals surface area contributed by atoms with Gasteiger partial charge in [-0.25, -0.2) is 0 Å². The molecule has 1 aromatic heterocycles. The average molecular weight is 348 g/mol. The van der Waals surface area contributed by atoms with E-state index < -0.39 is 6.10 Å². The van der Waals surface area contributed by atoms with Crippen LogP contribution in [0.3, 0.4) is 0 Å². The molecule has 4 nitrogen and oxygen atoms in total. The van der Waals surface area contributed by atoms with E-state index in [1.54, 1.807) is 6.20 Å². The SMILES string of the molecule is O=C(c1c[nH]c2ccccc12)[C@H](O)[C@@H](c1ccccc1)N1CCCCC1. The molecule has 4 rings (SSSR count). The average Bonchev–Trinajstić information content (AvgIpc) is 3.13. The number of para-hydroxylation sites is 1. The van der Waals surface area contributed by atoms with Gasteiger partial charge >= 0.3 is 0 Å². The topological polar surface area (TPSA) is 56.3 Å². The van der Waals surface area contributed by atoms with Gasteiger partial charge in [-0.05, 0) is 37.6 Å². The van der Waals surface area contributed by atoms with Crippen molar-refractivity contribution in [2.24, 2.45) is 0 Å². The van der Waals surface area contributed by atoms with Gasteiger partial charge in [0, 0.05) is 22.7 Å². The highest BCUT2D eigenvalue weighted by Crippen LogP contribution is 2.30. The number of hydrogen-bond acceptors (Lipinski definition) is 3. The van der Waals surface area contributed by atoms with E-state index in [0.717, 1.165) is 42.4 Å². The minimum absolute atomic E-state index is 0.220. The van der Waals surface area contributed by atoms with Gasteiger partial charge in [-0.1, -0.05) is 55.0 Å². The van der Waals surface area contributed by atoms with Crippen LogP contribution < -0.4 is 0 Å². The lowest BCUT2D eigenvalue weighted by Gasteiger charge is -2.37. The van der Waals surface area contributed by atoms with Gasteiger partial charge in [0.05, 0.1) is 6.04 Å². The number of hydrogen-bond donors (Lipinski definition) is 2. The summed E-state index contributed by atoms with van der Waals surface area (Å²) in [7, 11) is 0. The number of piperidine rings is 1. The second kappa shape index (κ2) is 7.44. The molecule has 2 heterocycles. The molecule has 134 valence electrons. The highest BCUT2D eigenvalue weighted by molar-refractivity contribution is 6.10. The molecule has 1 saturated heterocycles. The first kappa shape index (κ1) is 17.0. The van der Waals surface area contributed by atoms with Gasteiger partial charge in [0.1, 0.15) is 6.10 Å². The van der Waals surface area contributed by atoms with Gasteiger partial charge in [0.25, 0.3) is 0 Å². The van der Waals surface area contributed by atoms with Crippen LogP contribution in [-0.4, -0.2) is 40.0 Å². The van der Waals surface area contributed by atoms with Gasteiger partial charge in [-0.15, -0.1) is 0 Å². The molecular weight excluding hydrogens is 324 g/mol. The van der Waals surface area contributed by atoms with Crippen molar-refractivity contribution in [2.75, 3.05) is 13.1 Å². The summed E-state index contributed by atoms with van der Waals surface area (Å²) in [4.78, 5) is 18.6. The van der Waals surface area contributed by atoms with Crippen LogP contribution in [0.25, 0.3) is 10.9 Å². The largest absolute Gasteiger partial charge is 0.383 e. The predicted octanol–water partition coefficient (Wildman–Crippen LogP) is 3.94. The Balaban J connectivity index is 1.69. The number of fused-ring (bicyclic) bond motifs is 1. The van der Waals surface area contributed by atoms with E-state index in [1.165, 1.54) is 6.42 Å². The molecule has 2 N–H and O–H groups in total. The first-order valence-electron chi connectivity index (χ1n) is 9.33. The Morgan fingerprint density at radius 2 is 1.65 bits per heavy atom. The number of aliphatic hydroxyl groups excluding tert-OH is 1. The van der Waals surface area contributed by atoms with Crippen LogP contribution in [0.1, 0.15) is 41.2 Å². The Morgan fingerprint density at radius 3 is 2.42 bits per heavy atom. The van der Waals surface area contributed by atoms with Crippen LogP contribution in [-0.2, 0) is 0 Å². The van der Waals surface area contributed by atoms with Crippen LogP contribution >= 0.6 is 0 Å². The third-order valence-electron chi connectivity index (χ3n) is 5.35. The molecule has 0 unspecified atom stereocenters. The summed E-state index contributed by atoms with van der Waals surface area (Å²) in [6.45, 7) is 1.83. The Hall–Kier alpha value is -2.43. The number of aliphatic hydroxyl groups is 1. The Labute approximate surface area is 153 Å². The van der Waals surface area contributed by atoms with Crippen molar-refractivity contribution >= 4 is 16.7 Å². The highest BCUT2D eigenvalue weighted by atomic mass is 16.3. The Kier molecular flexibility index (Phi) is 4.87. The predicted molar refractivity (Wildman–Crippen MR) is 103 cm³/mol. The van der Waals surface area contributed by atoms with Crippen LogP contribution in [0.2, 0.25) is 0 Å². The number of Topliss-reactive ketones (excluding diaryl/α,β-unsaturated/α-hetero) is 1. The molecule has 1 aliphatic heterocycles. The summed E-state index contributed by atoms with van der Waals surface area (Å²) in [6, 6.07) is 17.3. The van der Waals surface area contributed by atoms with E-state index in [0.29, 0.717) is 5.56 Å². The van der Waals surface area contributed by atoms with Crippen molar-refractivity contribution in [3.8, 4) is 0 Å². The molecule has 2 atom stereocenters. The standard InChI is InChI=1S/C22H24N2O2/c25-21(18-15-23-19-12-6-5-11-17(18)19)22(26)20(16-9-3-1-4-10-16)24-13-7-2-8-14-24/h1,3-6,9-12,15,20,22-23,26H,2,7-8,13-14H2/t20-,22-/m1/s1. The number of aromatic nitrogens is 1. The van der Waals surface area contributed by atoms with E-state index in [-0.39, 0.29) is 11.8 Å². The highest BCUT2D eigenvalue weighted by Gasteiger charge is 2.34. The monoisotopic (exact) mass is 348 g/mol. The van der Waals surface area contributed by atoms with Crippen molar-refractivity contribution < 1.29 is 9.90 Å². The number of nitrogens with zero attached hydrogens (tertiary/aromatic N) is 1. The van der Waals surface area contributed by atoms with Crippen molar-refractivity contribution in [3.63, 3.8) is 0 Å². The normalized spacial score (nSPS) is 17.9. The van der Waals surface area contributed by atoms with Gasteiger partial charge in [-0.3, -0.25) is 9.69 Å². The lowest BCUT2D eigenvalue weighted by Crippen LogP contribution is -2.43. The fourth-order valence-electron chi connectivity index (χ4n) is 4.02. The maximum Gasteiger partial charge on any atom is 0.195 e. The molecule has 0 saturated carbocycles. The molecular formula is C22H24N2O2. The van der Waals surface area contributed by atoms with Crippen LogP contribution in [0.15, 0.2) is 60.8 Å². The summed E-state index contributed by atoms with van der Waals surface area (Å²) in [5.41, 5.74) is 2.47. The van der Waals surface area contributed by atoms with Crippen LogP contribution in [0, 0.1) is 0 Å². The molecule has 1 aliphatic rings. The summed E-state index contributed by atoms with van der Waals surface area (Å²) in [6.07, 6.45) is 4.06. The maximum atomic E-state index is 13.2. The number of ketones is 1. The lowest BCUT2D eigenvalue weighted by atomic mass is 9.92. The number of nitrogens with one attached hydrogen (secondary N) is 1. The summed E-state index contributed by atoms with van der Waals surface area (Å²) in [5, 5.41) is 12.0. The van der Waals surface area contributed by atoms with E-state index >= 15 is 0 Å². The first-order chi connectivity index (χ1) is 12.8. The van der Waals surface area contributed by atoms with E-state index in [9.17, 15) is 9.90 Å². The zero-order valence-electron chi connectivity index (χ0n) is 14.8. The lowest BCUT2D eigenvalue weighted by molar-refractivity contribution is 0.0324. The number of carbonyl (C=O) groups excluding carboxylic acids is 1. The maximum absolute atomic E-state index is 13.2. The van der Waals surface area contributed by atoms with Gasteiger partial charge in [0.15, 0.2) is 5.78 Å². The number of benzene rings is 2. The molecule has 1 fully saturated rings. The second-order valence-corrected chi connectivity index (χ2v) is 7.01. The first-order valence-corrected chi connectivity index (χ1v) is 9.33. The van der Waals surface area contributed by atoms with E-state index in [2.05, 4.69) is 9.88 Å². The number of likely N-dealkylation sites (tertiary alicyclic amines) is 1. The van der Waals surface area contributed by atoms with Crippen molar-refractivity contribution in [3.05, 3.63) is 71.9 Å². The molecule has 0 amide bonds. The number of rotatable bonds is 5. The van der Waals surface area contributed by atoms with E-state index in [4.69, 9.17) is 0 Å². The molecule has 0 radical (unpaired) electrons. The zero-order chi connectivity index (χ0) is 17.9. The van der Waals surface area contributed by atoms with E-state index in [1.807, 2.05) is 54.6 Å². The Bertz CT molecular complexity index is 881. The number of H-pyrrole nitrogens is 1. The van der Waals surface area contributed by atoms with Crippen molar-refractivity contribution in [1.82, 2.24) is 9.88 Å². The third kappa shape index (κ3) is 3.18. The molecule has 0 bridgehead atoms. The number of carbonyl (C=O) groups is 1. The Morgan fingerprint density at radius 1 is 0.962 bits per heavy atom. The van der Waals surface area contributed by atoms with Crippen molar-refractivity contribution in [1.29, 1.82) is 0 Å². The number of aromatic amines is 1. The molecule has 0 spiro atoms. The van der Waals surface area contributed by atoms with Crippen LogP contribution in [0.5, 0.6) is 0 Å². The fourth-order valence-corrected chi connectivity index (χ4v) is 4.02. The minimum Gasteiger partial charge on any atom is -0.383 e. The third-order valence-corrected chi connectivity index (χ3v) is 5.35. The minimum atomic E-state index is -1.09. The fraction of sp³-hybridized carbons (Fsp3) is 0.318. The van der Waals surface area contributed by atoms with Gasteiger partial charge in [-0.2, -0.15) is 0 Å². The summed E-state index contributed by atoms with van der Waals surface area (Å²) in [5.74, 6) is -0.220. The molecule has 26 heavy (non-hydrogen) atoms. The van der Waals surface area contributed by atoms with Gasteiger partial charge < -0.3 is 10.1 Å². The smallest absolute Gasteiger partial charge is 0.195 e. The molecule has 0 aliphatic carbocycles. The van der Waals surface area contributed by atoms with Gasteiger partial charge in [0.2, 0.25) is 0 Å². The van der Waals surface area contributed by atoms with Crippen LogP contribution in [0.4, 0.5) is 0 Å². The molecule has 4 heteroatoms. The summed E-state index contributed by atoms with van der Waals surface area (Å²) >= 11 is 0. The molecule has 2 aromatic carbocycles.